The van der Waals surface area contributed by atoms with Gasteiger partial charge in [0.25, 0.3) is 0 Å². The molecule has 0 spiro atoms. The molecule has 0 aromatic rings. The molecule has 3 heteroatoms. The maximum absolute atomic E-state index is 12.3. The van der Waals surface area contributed by atoms with Crippen molar-refractivity contribution in [1.82, 2.24) is 0 Å². The first-order chi connectivity index (χ1) is 8.66. The Morgan fingerprint density at radius 3 is 2.63 bits per heavy atom. The van der Waals surface area contributed by atoms with Crippen molar-refractivity contribution in [3.8, 4) is 11.5 Å². The zero-order valence-electron chi connectivity index (χ0n) is 12.5. The summed E-state index contributed by atoms with van der Waals surface area (Å²) in [4.78, 5) is 13.5. The third-order valence-electron chi connectivity index (χ3n) is 3.20. The van der Waals surface area contributed by atoms with Crippen LogP contribution in [0.25, 0.3) is 0 Å². The fourth-order valence-electron chi connectivity index (χ4n) is 2.32. The second-order valence-corrected chi connectivity index (χ2v) is 13.6. The summed E-state index contributed by atoms with van der Waals surface area (Å²) in [5, 5.41) is 0. The van der Waals surface area contributed by atoms with Gasteiger partial charge < -0.3 is 0 Å². The number of fused-ring (bicyclic) bond motifs is 1. The molecular weight excluding hydrogens is 268 g/mol. The number of allylic oxidation sites excluding steroid dienone is 4. The van der Waals surface area contributed by atoms with Gasteiger partial charge in [-0.15, -0.1) is 17.3 Å². The predicted octanol–water partition coefficient (Wildman–Crippen LogP) is 4.18. The van der Waals surface area contributed by atoms with Gasteiger partial charge in [0.2, 0.25) is 0 Å². The summed E-state index contributed by atoms with van der Waals surface area (Å²) in [5.41, 5.74) is 4.52. The Hall–Kier alpha value is -0.723. The van der Waals surface area contributed by atoms with Crippen LogP contribution in [0.3, 0.4) is 0 Å². The molecule has 0 aromatic heterocycles. The van der Waals surface area contributed by atoms with Crippen LogP contribution in [-0.2, 0) is 4.79 Å². The summed E-state index contributed by atoms with van der Waals surface area (Å²) in [7, 11) is -1.34. The molecule has 1 fully saturated rings. The van der Waals surface area contributed by atoms with E-state index in [9.17, 15) is 4.79 Å². The number of thioether (sulfide) groups is 1. The SMILES string of the molecule is CC1(C)CC(=O)C2CC(C#C[Si](C)(C)C)=CC=C2S1. The molecule has 0 N–H and O–H groups in total. The molecule has 1 heterocycles. The van der Waals surface area contributed by atoms with Crippen molar-refractivity contribution in [3.05, 3.63) is 22.6 Å². The Kier molecular flexibility index (Phi) is 3.86. The molecule has 0 saturated carbocycles. The molecule has 1 unspecified atom stereocenters. The molecule has 2 rings (SSSR count). The lowest BCUT2D eigenvalue weighted by Gasteiger charge is -2.36. The fourth-order valence-corrected chi connectivity index (χ4v) is 4.20. The minimum absolute atomic E-state index is 0.0504. The lowest BCUT2D eigenvalue weighted by molar-refractivity contribution is -0.122. The summed E-state index contributed by atoms with van der Waals surface area (Å²) >= 11 is 1.86. The first-order valence-corrected chi connectivity index (χ1v) is 11.1. The molecule has 1 aliphatic carbocycles. The van der Waals surface area contributed by atoms with Gasteiger partial charge in [-0.05, 0) is 31.2 Å². The van der Waals surface area contributed by atoms with Crippen LogP contribution in [-0.4, -0.2) is 18.6 Å². The van der Waals surface area contributed by atoms with E-state index in [0.717, 1.165) is 12.0 Å². The molecule has 0 bridgehead atoms. The fraction of sp³-hybridized carbons (Fsp3) is 0.562. The molecule has 102 valence electrons. The average molecular weight is 291 g/mol. The van der Waals surface area contributed by atoms with Crippen LogP contribution in [0.2, 0.25) is 19.6 Å². The Morgan fingerprint density at radius 1 is 1.32 bits per heavy atom. The Labute approximate surface area is 121 Å². The van der Waals surface area contributed by atoms with Gasteiger partial charge in [0.05, 0.1) is 5.92 Å². The van der Waals surface area contributed by atoms with Gasteiger partial charge in [-0.3, -0.25) is 4.79 Å². The standard InChI is InChI=1S/C16H22OSSi/c1-16(2)11-14(17)13-10-12(6-7-15(13)18-16)8-9-19(3,4)5/h6-7,13H,10-11H2,1-5H3. The Morgan fingerprint density at radius 2 is 2.00 bits per heavy atom. The smallest absolute Gasteiger partial charge is 0.142 e. The molecule has 1 saturated heterocycles. The first kappa shape index (κ1) is 14.7. The summed E-state index contributed by atoms with van der Waals surface area (Å²) < 4.78 is 0.0504. The van der Waals surface area contributed by atoms with Crippen LogP contribution >= 0.6 is 11.8 Å². The van der Waals surface area contributed by atoms with E-state index in [2.05, 4.69) is 57.1 Å². The van der Waals surface area contributed by atoms with Gasteiger partial charge in [0, 0.05) is 16.7 Å². The number of carbonyl (C=O) groups excluding carboxylic acids is 1. The molecule has 1 aliphatic heterocycles. The van der Waals surface area contributed by atoms with Crippen molar-refractivity contribution in [2.75, 3.05) is 0 Å². The lowest BCUT2D eigenvalue weighted by Crippen LogP contribution is -2.33. The largest absolute Gasteiger partial charge is 0.299 e. The monoisotopic (exact) mass is 290 g/mol. The number of Topliss-reactive ketones (excluding diaryl/α,β-unsaturated/α-hetero) is 1. The van der Waals surface area contributed by atoms with Crippen LogP contribution in [0, 0.1) is 17.4 Å². The van der Waals surface area contributed by atoms with Crippen molar-refractivity contribution in [1.29, 1.82) is 0 Å². The Balaban J connectivity index is 2.22. The molecular formula is C16H22OSSi. The van der Waals surface area contributed by atoms with Gasteiger partial charge in [-0.2, -0.15) is 0 Å². The van der Waals surface area contributed by atoms with E-state index in [1.54, 1.807) is 0 Å². The van der Waals surface area contributed by atoms with Crippen molar-refractivity contribution in [2.45, 2.75) is 51.1 Å². The molecule has 2 aliphatic rings. The van der Waals surface area contributed by atoms with E-state index < -0.39 is 8.07 Å². The summed E-state index contributed by atoms with van der Waals surface area (Å²) in [6.07, 6.45) is 5.71. The zero-order valence-corrected chi connectivity index (χ0v) is 14.3. The predicted molar refractivity (Wildman–Crippen MR) is 86.7 cm³/mol. The normalized spacial score (nSPS) is 25.7. The van der Waals surface area contributed by atoms with Gasteiger partial charge in [0.15, 0.2) is 0 Å². The highest BCUT2D eigenvalue weighted by Crippen LogP contribution is 2.47. The van der Waals surface area contributed by atoms with Crippen LogP contribution in [0.4, 0.5) is 0 Å². The Bertz CT molecular complexity index is 523. The maximum Gasteiger partial charge on any atom is 0.142 e. The first-order valence-electron chi connectivity index (χ1n) is 6.82. The van der Waals surface area contributed by atoms with E-state index in [1.165, 1.54) is 4.91 Å². The maximum atomic E-state index is 12.3. The molecule has 19 heavy (non-hydrogen) atoms. The quantitative estimate of drug-likeness (QED) is 0.492. The molecule has 0 aromatic carbocycles. The van der Waals surface area contributed by atoms with Crippen molar-refractivity contribution in [2.24, 2.45) is 5.92 Å². The van der Waals surface area contributed by atoms with Gasteiger partial charge in [-0.25, -0.2) is 0 Å². The van der Waals surface area contributed by atoms with Crippen molar-refractivity contribution < 1.29 is 4.79 Å². The molecule has 1 nitrogen and oxygen atoms in total. The molecule has 0 amide bonds. The van der Waals surface area contributed by atoms with Crippen LogP contribution in [0.1, 0.15) is 26.7 Å². The lowest BCUT2D eigenvalue weighted by atomic mass is 9.86. The van der Waals surface area contributed by atoms with E-state index in [4.69, 9.17) is 0 Å². The van der Waals surface area contributed by atoms with E-state index >= 15 is 0 Å². The van der Waals surface area contributed by atoms with Crippen molar-refractivity contribution >= 4 is 25.6 Å². The molecule has 1 atom stereocenters. The third-order valence-corrected chi connectivity index (χ3v) is 5.43. The van der Waals surface area contributed by atoms with E-state index in [-0.39, 0.29) is 10.7 Å². The molecule has 0 radical (unpaired) electrons. The van der Waals surface area contributed by atoms with E-state index in [1.807, 2.05) is 11.8 Å². The number of ketones is 1. The second kappa shape index (κ2) is 4.99. The highest BCUT2D eigenvalue weighted by molar-refractivity contribution is 8.04. The zero-order chi connectivity index (χ0) is 14.3. The highest BCUT2D eigenvalue weighted by atomic mass is 32.2. The summed E-state index contributed by atoms with van der Waals surface area (Å²) in [5.74, 6) is 3.77. The number of hydrogen-bond donors (Lipinski definition) is 0. The number of hydrogen-bond acceptors (Lipinski definition) is 2. The van der Waals surface area contributed by atoms with Crippen LogP contribution in [0.15, 0.2) is 22.6 Å². The van der Waals surface area contributed by atoms with Crippen molar-refractivity contribution in [3.63, 3.8) is 0 Å². The van der Waals surface area contributed by atoms with Gasteiger partial charge in [-0.1, -0.05) is 31.6 Å². The second-order valence-electron chi connectivity index (χ2n) is 7.02. The summed E-state index contributed by atoms with van der Waals surface area (Å²) in [6.45, 7) is 11.0. The highest BCUT2D eigenvalue weighted by Gasteiger charge is 2.38. The number of rotatable bonds is 0. The number of carbonyl (C=O) groups is 1. The van der Waals surface area contributed by atoms with Crippen LogP contribution < -0.4 is 0 Å². The summed E-state index contributed by atoms with van der Waals surface area (Å²) in [6, 6.07) is 0. The average Bonchev–Trinajstić information content (AvgIpc) is 2.24. The van der Waals surface area contributed by atoms with Crippen LogP contribution in [0.5, 0.6) is 0 Å². The van der Waals surface area contributed by atoms with E-state index in [0.29, 0.717) is 12.2 Å². The minimum Gasteiger partial charge on any atom is -0.299 e. The minimum atomic E-state index is -1.34. The third kappa shape index (κ3) is 3.87. The topological polar surface area (TPSA) is 17.1 Å². The van der Waals surface area contributed by atoms with Gasteiger partial charge >= 0.3 is 0 Å². The van der Waals surface area contributed by atoms with Gasteiger partial charge in [0.1, 0.15) is 13.9 Å².